The van der Waals surface area contributed by atoms with Crippen LogP contribution in [0.25, 0.3) is 0 Å². The molecule has 0 aromatic heterocycles. The van der Waals surface area contributed by atoms with Gasteiger partial charge in [-0.05, 0) is 28.1 Å². The van der Waals surface area contributed by atoms with Crippen molar-refractivity contribution >= 4 is 41.7 Å². The van der Waals surface area contributed by atoms with E-state index in [4.69, 9.17) is 5.73 Å². The number of nitrogens with two attached hydrogens (primary N) is 1. The molecule has 0 saturated carbocycles. The minimum Gasteiger partial charge on any atom is -0.396 e. The Hall–Kier alpha value is -0.750. The predicted octanol–water partition coefficient (Wildman–Crippen LogP) is 0.388. The van der Waals surface area contributed by atoms with Gasteiger partial charge in [0.2, 0.25) is 20.0 Å². The third-order valence-corrected chi connectivity index (χ3v) is 6.26. The highest BCUT2D eigenvalue weighted by atomic mass is 79.9. The molecule has 0 heterocycles. The van der Waals surface area contributed by atoms with Gasteiger partial charge in [0.15, 0.2) is 0 Å². The molecule has 1 aromatic rings. The van der Waals surface area contributed by atoms with Crippen LogP contribution in [0.15, 0.2) is 21.5 Å². The zero-order valence-corrected chi connectivity index (χ0v) is 14.3. The summed E-state index contributed by atoms with van der Waals surface area (Å²) in [5, 5.41) is 0. The van der Waals surface area contributed by atoms with Crippen LogP contribution in [0.5, 0.6) is 0 Å². The summed E-state index contributed by atoms with van der Waals surface area (Å²) in [6, 6.07) is 1.89. The summed E-state index contributed by atoms with van der Waals surface area (Å²) in [7, 11) is -7.54. The fourth-order valence-electron chi connectivity index (χ4n) is 1.43. The minimum absolute atomic E-state index is 0.00348. The van der Waals surface area contributed by atoms with Crippen molar-refractivity contribution in [3.05, 3.63) is 22.4 Å². The number of hydrogen-bond acceptors (Lipinski definition) is 5. The molecule has 0 spiro atoms. The van der Waals surface area contributed by atoms with Crippen molar-refractivity contribution in [2.24, 2.45) is 0 Å². The monoisotopic (exact) mass is 403 g/mol. The Bertz CT molecular complexity index is 722. The zero-order chi connectivity index (χ0) is 16.3. The fraction of sp³-hybridized carbons (Fsp3) is 0.400. The van der Waals surface area contributed by atoms with E-state index in [1.54, 1.807) is 6.92 Å². The number of halogens is 2. The van der Waals surface area contributed by atoms with Crippen LogP contribution in [0.1, 0.15) is 6.92 Å². The van der Waals surface area contributed by atoms with E-state index < -0.39 is 31.6 Å². The summed E-state index contributed by atoms with van der Waals surface area (Å²) >= 11 is 2.93. The van der Waals surface area contributed by atoms with Gasteiger partial charge < -0.3 is 5.73 Å². The molecule has 1 aromatic carbocycles. The smallest absolute Gasteiger partial charge is 0.241 e. The second-order valence-corrected chi connectivity index (χ2v) is 8.53. The van der Waals surface area contributed by atoms with Crippen molar-refractivity contribution < 1.29 is 21.2 Å². The third-order valence-electron chi connectivity index (χ3n) is 2.37. The largest absolute Gasteiger partial charge is 0.396 e. The maximum atomic E-state index is 13.2. The molecule has 0 atom stereocenters. The lowest BCUT2D eigenvalue weighted by Crippen LogP contribution is -2.34. The van der Waals surface area contributed by atoms with Gasteiger partial charge in [0.25, 0.3) is 0 Å². The summed E-state index contributed by atoms with van der Waals surface area (Å²) in [4.78, 5) is -0.262. The van der Waals surface area contributed by atoms with E-state index >= 15 is 0 Å². The van der Waals surface area contributed by atoms with Crippen molar-refractivity contribution in [3.8, 4) is 0 Å². The SMILES string of the molecule is CCNS(=O)(=O)CCNS(=O)(=O)c1cc(N)c(F)cc1Br. The Labute approximate surface area is 131 Å². The molecule has 0 fully saturated rings. The first-order valence-electron chi connectivity index (χ1n) is 5.80. The first kappa shape index (κ1) is 18.3. The van der Waals surface area contributed by atoms with Crippen LogP contribution in [0, 0.1) is 5.82 Å². The maximum absolute atomic E-state index is 13.2. The van der Waals surface area contributed by atoms with Crippen molar-refractivity contribution in [2.75, 3.05) is 24.6 Å². The van der Waals surface area contributed by atoms with Crippen LogP contribution in [0.3, 0.4) is 0 Å². The Balaban J connectivity index is 2.86. The quantitative estimate of drug-likeness (QED) is 0.568. The predicted molar refractivity (Wildman–Crippen MR) is 81.2 cm³/mol. The molecule has 11 heteroatoms. The molecule has 1 rings (SSSR count). The molecule has 120 valence electrons. The number of benzene rings is 1. The summed E-state index contributed by atoms with van der Waals surface area (Å²) in [5.74, 6) is -1.16. The number of sulfonamides is 2. The molecule has 7 nitrogen and oxygen atoms in total. The highest BCUT2D eigenvalue weighted by Gasteiger charge is 2.20. The van der Waals surface area contributed by atoms with Gasteiger partial charge in [0, 0.05) is 17.6 Å². The van der Waals surface area contributed by atoms with E-state index in [0.29, 0.717) is 0 Å². The lowest BCUT2D eigenvalue weighted by molar-refractivity contribution is 0.576. The molecule has 0 saturated heterocycles. The average Bonchev–Trinajstić information content (AvgIpc) is 2.32. The van der Waals surface area contributed by atoms with Crippen LogP contribution in [-0.2, 0) is 20.0 Å². The number of anilines is 1. The van der Waals surface area contributed by atoms with Gasteiger partial charge in [-0.3, -0.25) is 0 Å². The van der Waals surface area contributed by atoms with Crippen molar-refractivity contribution in [2.45, 2.75) is 11.8 Å². The van der Waals surface area contributed by atoms with Gasteiger partial charge in [0.1, 0.15) is 5.82 Å². The molecule has 4 N–H and O–H groups in total. The summed E-state index contributed by atoms with van der Waals surface area (Å²) in [6.07, 6.45) is 0. The van der Waals surface area contributed by atoms with Gasteiger partial charge in [0.05, 0.1) is 16.3 Å². The minimum atomic E-state index is -4.00. The van der Waals surface area contributed by atoms with E-state index in [1.807, 2.05) is 0 Å². The van der Waals surface area contributed by atoms with Crippen LogP contribution in [0.2, 0.25) is 0 Å². The summed E-state index contributed by atoms with van der Waals surface area (Å²) in [6.45, 7) is 1.51. The Morgan fingerprint density at radius 1 is 1.24 bits per heavy atom. The topological polar surface area (TPSA) is 118 Å². The maximum Gasteiger partial charge on any atom is 0.241 e. The van der Waals surface area contributed by atoms with E-state index in [0.717, 1.165) is 12.1 Å². The highest BCUT2D eigenvalue weighted by Crippen LogP contribution is 2.26. The number of hydrogen-bond donors (Lipinski definition) is 3. The lowest BCUT2D eigenvalue weighted by atomic mass is 10.3. The molecule has 21 heavy (non-hydrogen) atoms. The zero-order valence-electron chi connectivity index (χ0n) is 11.1. The standard InChI is InChI=1S/C10H15BrFN3O4S2/c1-2-14-20(16,17)4-3-15-21(18,19)10-6-9(13)8(12)5-7(10)11/h5-6,14-15H,2-4,13H2,1H3. The van der Waals surface area contributed by atoms with Gasteiger partial charge in [-0.1, -0.05) is 6.92 Å². The van der Waals surface area contributed by atoms with Gasteiger partial charge in [-0.25, -0.2) is 30.7 Å². The highest BCUT2D eigenvalue weighted by molar-refractivity contribution is 9.10. The third kappa shape index (κ3) is 5.18. The van der Waals surface area contributed by atoms with Gasteiger partial charge in [-0.2, -0.15) is 0 Å². The van der Waals surface area contributed by atoms with E-state index in [9.17, 15) is 21.2 Å². The number of nitrogen functional groups attached to an aromatic ring is 1. The Morgan fingerprint density at radius 2 is 1.86 bits per heavy atom. The van der Waals surface area contributed by atoms with Crippen molar-refractivity contribution in [1.29, 1.82) is 0 Å². The lowest BCUT2D eigenvalue weighted by Gasteiger charge is -2.10. The number of rotatable bonds is 7. The number of nitrogens with one attached hydrogen (secondary N) is 2. The van der Waals surface area contributed by atoms with E-state index in [1.165, 1.54) is 0 Å². The summed E-state index contributed by atoms with van der Waals surface area (Å²) in [5.41, 5.74) is 5.01. The van der Waals surface area contributed by atoms with Crippen LogP contribution < -0.4 is 15.2 Å². The van der Waals surface area contributed by atoms with Gasteiger partial charge in [-0.15, -0.1) is 0 Å². The van der Waals surface area contributed by atoms with Crippen molar-refractivity contribution in [3.63, 3.8) is 0 Å². The van der Waals surface area contributed by atoms with Crippen LogP contribution >= 0.6 is 15.9 Å². The molecular formula is C10H15BrFN3O4S2. The van der Waals surface area contributed by atoms with E-state index in [-0.39, 0.29) is 28.1 Å². The molecule has 0 aliphatic carbocycles. The fourth-order valence-corrected chi connectivity index (χ4v) is 4.59. The van der Waals surface area contributed by atoms with Crippen molar-refractivity contribution in [1.82, 2.24) is 9.44 Å². The molecular weight excluding hydrogens is 389 g/mol. The van der Waals surface area contributed by atoms with E-state index in [2.05, 4.69) is 25.4 Å². The average molecular weight is 404 g/mol. The van der Waals surface area contributed by atoms with Gasteiger partial charge >= 0.3 is 0 Å². The first-order valence-corrected chi connectivity index (χ1v) is 9.73. The second-order valence-electron chi connectivity index (χ2n) is 4.02. The molecule has 0 aliphatic heterocycles. The van der Waals surface area contributed by atoms with Crippen LogP contribution in [-0.4, -0.2) is 35.7 Å². The normalized spacial score (nSPS) is 12.5. The molecule has 0 bridgehead atoms. The molecule has 0 unspecified atom stereocenters. The Morgan fingerprint density at radius 3 is 2.43 bits per heavy atom. The summed E-state index contributed by atoms with van der Waals surface area (Å²) < 4.78 is 64.4. The molecule has 0 aliphatic rings. The first-order chi connectivity index (χ1) is 9.59. The van der Waals surface area contributed by atoms with Crippen LogP contribution in [0.4, 0.5) is 10.1 Å². The molecule has 0 radical (unpaired) electrons. The second kappa shape index (κ2) is 7.01. The Kier molecular flexibility index (Phi) is 6.11. The molecule has 0 amide bonds.